The molecule has 1 amide bonds. The number of rotatable bonds is 2. The molecule has 3 aromatic rings. The van der Waals surface area contributed by atoms with Gasteiger partial charge in [0.05, 0.1) is 18.4 Å². The number of hydrogen-bond donors (Lipinski definition) is 0. The minimum absolute atomic E-state index is 0.0720. The molecule has 1 aliphatic rings. The van der Waals surface area contributed by atoms with Gasteiger partial charge in [0.2, 0.25) is 0 Å². The minimum atomic E-state index is -0.131. The van der Waals surface area contributed by atoms with Crippen LogP contribution in [0.15, 0.2) is 42.2 Å². The van der Waals surface area contributed by atoms with Crippen LogP contribution in [0.5, 0.6) is 5.75 Å². The highest BCUT2D eigenvalue weighted by Crippen LogP contribution is 2.35. The van der Waals surface area contributed by atoms with E-state index in [1.54, 1.807) is 28.9 Å². The summed E-state index contributed by atoms with van der Waals surface area (Å²) in [5.74, 6) is 0.593. The summed E-state index contributed by atoms with van der Waals surface area (Å²) in [5, 5.41) is 2.45. The highest BCUT2D eigenvalue weighted by Gasteiger charge is 2.29. The summed E-state index contributed by atoms with van der Waals surface area (Å²) in [6.07, 6.45) is 4.79. The molecule has 0 radical (unpaired) electrons. The van der Waals surface area contributed by atoms with E-state index in [9.17, 15) is 4.79 Å². The highest BCUT2D eigenvalue weighted by atomic mass is 32.1. The zero-order valence-corrected chi connectivity index (χ0v) is 14.7. The van der Waals surface area contributed by atoms with E-state index in [2.05, 4.69) is 15.0 Å². The molecule has 4 rings (SSSR count). The van der Waals surface area contributed by atoms with Gasteiger partial charge in [-0.15, -0.1) is 11.3 Å². The SMILES string of the molecule is Cc1ccc2c(c1)N(C(=O)c1csc(-c3cnccn3)n1)CC(C)O2. The van der Waals surface area contributed by atoms with Crippen molar-refractivity contribution in [2.45, 2.75) is 20.0 Å². The number of carbonyl (C=O) groups excluding carboxylic acids is 1. The molecular weight excluding hydrogens is 336 g/mol. The molecule has 7 heteroatoms. The van der Waals surface area contributed by atoms with E-state index in [1.807, 2.05) is 32.0 Å². The molecule has 25 heavy (non-hydrogen) atoms. The Morgan fingerprint density at radius 1 is 1.36 bits per heavy atom. The topological polar surface area (TPSA) is 68.2 Å². The number of nitrogens with zero attached hydrogens (tertiary/aromatic N) is 4. The van der Waals surface area contributed by atoms with E-state index in [0.717, 1.165) is 17.0 Å². The Hall–Kier alpha value is -2.80. The molecule has 1 aliphatic heterocycles. The van der Waals surface area contributed by atoms with Gasteiger partial charge in [-0.1, -0.05) is 6.07 Å². The summed E-state index contributed by atoms with van der Waals surface area (Å²) in [5.41, 5.74) is 2.94. The first-order valence-electron chi connectivity index (χ1n) is 7.93. The summed E-state index contributed by atoms with van der Waals surface area (Å²) < 4.78 is 5.85. The fourth-order valence-corrected chi connectivity index (χ4v) is 3.53. The average Bonchev–Trinajstić information content (AvgIpc) is 3.12. The van der Waals surface area contributed by atoms with Gasteiger partial charge in [0.1, 0.15) is 28.2 Å². The maximum absolute atomic E-state index is 13.0. The lowest BCUT2D eigenvalue weighted by atomic mass is 10.1. The van der Waals surface area contributed by atoms with E-state index < -0.39 is 0 Å². The summed E-state index contributed by atoms with van der Waals surface area (Å²) in [7, 11) is 0. The Balaban J connectivity index is 1.68. The third kappa shape index (κ3) is 2.98. The Labute approximate surface area is 149 Å². The number of aromatic nitrogens is 3. The normalized spacial score (nSPS) is 16.2. The van der Waals surface area contributed by atoms with Crippen molar-refractivity contribution in [1.29, 1.82) is 0 Å². The molecule has 126 valence electrons. The second kappa shape index (κ2) is 6.25. The van der Waals surface area contributed by atoms with Crippen molar-refractivity contribution in [3.05, 3.63) is 53.4 Å². The van der Waals surface area contributed by atoms with Gasteiger partial charge in [-0.3, -0.25) is 19.7 Å². The molecule has 2 aromatic heterocycles. The molecule has 0 saturated heterocycles. The summed E-state index contributed by atoms with van der Waals surface area (Å²) in [6, 6.07) is 5.86. The van der Waals surface area contributed by atoms with Crippen molar-refractivity contribution in [2.24, 2.45) is 0 Å². The summed E-state index contributed by atoms with van der Waals surface area (Å²) >= 11 is 1.39. The lowest BCUT2D eigenvalue weighted by molar-refractivity contribution is 0.0957. The van der Waals surface area contributed by atoms with E-state index in [0.29, 0.717) is 22.9 Å². The van der Waals surface area contributed by atoms with Gasteiger partial charge in [-0.05, 0) is 31.5 Å². The first-order valence-corrected chi connectivity index (χ1v) is 8.81. The molecule has 3 heterocycles. The fraction of sp³-hybridized carbons (Fsp3) is 0.222. The third-order valence-corrected chi connectivity index (χ3v) is 4.79. The predicted molar refractivity (Wildman–Crippen MR) is 96.1 cm³/mol. The number of fused-ring (bicyclic) bond motifs is 1. The quantitative estimate of drug-likeness (QED) is 0.707. The van der Waals surface area contributed by atoms with Crippen molar-refractivity contribution >= 4 is 22.9 Å². The zero-order chi connectivity index (χ0) is 17.4. The maximum atomic E-state index is 13.0. The Morgan fingerprint density at radius 2 is 2.24 bits per heavy atom. The fourth-order valence-electron chi connectivity index (χ4n) is 2.78. The van der Waals surface area contributed by atoms with Gasteiger partial charge in [0.15, 0.2) is 0 Å². The van der Waals surface area contributed by atoms with E-state index in [4.69, 9.17) is 4.74 Å². The Kier molecular flexibility index (Phi) is 3.93. The molecule has 6 nitrogen and oxygen atoms in total. The van der Waals surface area contributed by atoms with Crippen LogP contribution in [0.2, 0.25) is 0 Å². The van der Waals surface area contributed by atoms with Crippen LogP contribution in [-0.4, -0.2) is 33.5 Å². The largest absolute Gasteiger partial charge is 0.487 e. The number of amides is 1. The number of carbonyl (C=O) groups is 1. The van der Waals surface area contributed by atoms with Crippen molar-refractivity contribution in [2.75, 3.05) is 11.4 Å². The molecule has 1 aromatic carbocycles. The summed E-state index contributed by atoms with van der Waals surface area (Å²) in [4.78, 5) is 27.5. The second-order valence-electron chi connectivity index (χ2n) is 5.94. The van der Waals surface area contributed by atoms with E-state index >= 15 is 0 Å². The highest BCUT2D eigenvalue weighted by molar-refractivity contribution is 7.13. The average molecular weight is 352 g/mol. The molecular formula is C18H16N4O2S. The number of aryl methyl sites for hydroxylation is 1. The Morgan fingerprint density at radius 3 is 3.04 bits per heavy atom. The van der Waals surface area contributed by atoms with Gasteiger partial charge < -0.3 is 4.74 Å². The number of ether oxygens (including phenoxy) is 1. The third-order valence-electron chi connectivity index (χ3n) is 3.92. The lowest BCUT2D eigenvalue weighted by Crippen LogP contribution is -2.42. The van der Waals surface area contributed by atoms with Crippen LogP contribution < -0.4 is 9.64 Å². The first-order chi connectivity index (χ1) is 12.1. The van der Waals surface area contributed by atoms with Crippen LogP contribution in [0.3, 0.4) is 0 Å². The standard InChI is InChI=1S/C18H16N4O2S/c1-11-3-4-16-15(7-11)22(9-12(2)24-16)18(23)14-10-25-17(21-14)13-8-19-5-6-20-13/h3-8,10,12H,9H2,1-2H3. The number of hydrogen-bond acceptors (Lipinski definition) is 6. The van der Waals surface area contributed by atoms with Gasteiger partial charge >= 0.3 is 0 Å². The van der Waals surface area contributed by atoms with Crippen LogP contribution in [0, 0.1) is 6.92 Å². The predicted octanol–water partition coefficient (Wildman–Crippen LogP) is 3.34. The second-order valence-corrected chi connectivity index (χ2v) is 6.80. The number of thiazole rings is 1. The molecule has 0 fully saturated rings. The maximum Gasteiger partial charge on any atom is 0.278 e. The first kappa shape index (κ1) is 15.7. The summed E-state index contributed by atoms with van der Waals surface area (Å²) in [6.45, 7) is 4.44. The molecule has 1 atom stereocenters. The minimum Gasteiger partial charge on any atom is -0.487 e. The van der Waals surface area contributed by atoms with Crippen LogP contribution >= 0.6 is 11.3 Å². The molecule has 0 N–H and O–H groups in total. The van der Waals surface area contributed by atoms with Gasteiger partial charge in [0, 0.05) is 17.8 Å². The number of anilines is 1. The van der Waals surface area contributed by atoms with Gasteiger partial charge in [-0.25, -0.2) is 4.98 Å². The van der Waals surface area contributed by atoms with Crippen LogP contribution in [0.25, 0.3) is 10.7 Å². The number of benzene rings is 1. The monoisotopic (exact) mass is 352 g/mol. The molecule has 0 aliphatic carbocycles. The lowest BCUT2D eigenvalue weighted by Gasteiger charge is -2.33. The van der Waals surface area contributed by atoms with Crippen LogP contribution in [0.1, 0.15) is 23.0 Å². The molecule has 0 bridgehead atoms. The molecule has 0 spiro atoms. The van der Waals surface area contributed by atoms with Crippen molar-refractivity contribution < 1.29 is 9.53 Å². The van der Waals surface area contributed by atoms with E-state index in [-0.39, 0.29) is 12.0 Å². The van der Waals surface area contributed by atoms with Crippen LogP contribution in [-0.2, 0) is 0 Å². The van der Waals surface area contributed by atoms with Crippen LogP contribution in [0.4, 0.5) is 5.69 Å². The van der Waals surface area contributed by atoms with Gasteiger partial charge in [-0.2, -0.15) is 0 Å². The van der Waals surface area contributed by atoms with E-state index in [1.165, 1.54) is 11.3 Å². The zero-order valence-electron chi connectivity index (χ0n) is 13.8. The molecule has 1 unspecified atom stereocenters. The Bertz CT molecular complexity index is 926. The smallest absolute Gasteiger partial charge is 0.278 e. The van der Waals surface area contributed by atoms with Crippen molar-refractivity contribution in [3.63, 3.8) is 0 Å². The van der Waals surface area contributed by atoms with Gasteiger partial charge in [0.25, 0.3) is 5.91 Å². The van der Waals surface area contributed by atoms with Crippen molar-refractivity contribution in [3.8, 4) is 16.5 Å². The van der Waals surface area contributed by atoms with Crippen molar-refractivity contribution in [1.82, 2.24) is 15.0 Å². The molecule has 0 saturated carbocycles.